The number of aromatic nitrogens is 2. The number of hydrogen-bond acceptors (Lipinski definition) is 4. The Labute approximate surface area is 120 Å². The maximum Gasteiger partial charge on any atom is 0.224 e. The number of nitrogens with two attached hydrogens (primary N) is 1. The van der Waals surface area contributed by atoms with Gasteiger partial charge in [-0.3, -0.25) is 0 Å². The monoisotopic (exact) mass is 270 g/mol. The van der Waals surface area contributed by atoms with Gasteiger partial charge in [0.2, 0.25) is 5.95 Å². The lowest BCUT2D eigenvalue weighted by Gasteiger charge is -2.29. The third kappa shape index (κ3) is 3.70. The van der Waals surface area contributed by atoms with Crippen LogP contribution in [-0.4, -0.2) is 16.0 Å². The molecule has 4 nitrogen and oxygen atoms in total. The van der Waals surface area contributed by atoms with Crippen LogP contribution in [0.3, 0.4) is 0 Å². The molecule has 106 valence electrons. The first kappa shape index (κ1) is 14.3. The Kier molecular flexibility index (Phi) is 4.23. The molecule has 1 aromatic heterocycles. The summed E-state index contributed by atoms with van der Waals surface area (Å²) in [4.78, 5) is 8.35. The second kappa shape index (κ2) is 5.90. The van der Waals surface area contributed by atoms with Gasteiger partial charge in [-0.2, -0.15) is 4.98 Å². The molecule has 0 aliphatic heterocycles. The van der Waals surface area contributed by atoms with Crippen LogP contribution in [0.15, 0.2) is 42.6 Å². The molecule has 1 atom stereocenters. The van der Waals surface area contributed by atoms with E-state index in [9.17, 15) is 0 Å². The van der Waals surface area contributed by atoms with Gasteiger partial charge in [0.1, 0.15) is 5.82 Å². The lowest BCUT2D eigenvalue weighted by Crippen LogP contribution is -2.28. The highest BCUT2D eigenvalue weighted by molar-refractivity contribution is 5.36. The van der Waals surface area contributed by atoms with Crippen LogP contribution in [0.4, 0.5) is 11.8 Å². The third-order valence-corrected chi connectivity index (χ3v) is 3.42. The van der Waals surface area contributed by atoms with E-state index in [-0.39, 0.29) is 11.5 Å². The zero-order valence-corrected chi connectivity index (χ0v) is 12.3. The smallest absolute Gasteiger partial charge is 0.224 e. The van der Waals surface area contributed by atoms with Gasteiger partial charge in [0.05, 0.1) is 0 Å². The first-order chi connectivity index (χ1) is 9.47. The highest BCUT2D eigenvalue weighted by atomic mass is 15.1. The van der Waals surface area contributed by atoms with Crippen molar-refractivity contribution in [3.05, 3.63) is 48.2 Å². The highest BCUT2D eigenvalue weighted by Crippen LogP contribution is 2.28. The van der Waals surface area contributed by atoms with Crippen LogP contribution in [-0.2, 0) is 5.41 Å². The summed E-state index contributed by atoms with van der Waals surface area (Å²) in [6.07, 6.45) is 2.65. The fourth-order valence-electron chi connectivity index (χ4n) is 2.49. The quantitative estimate of drug-likeness (QED) is 0.875. The lowest BCUT2D eigenvalue weighted by atomic mass is 9.79. The Morgan fingerprint density at radius 2 is 1.90 bits per heavy atom. The molecule has 2 rings (SSSR count). The number of rotatable bonds is 5. The molecule has 0 unspecified atom stereocenters. The van der Waals surface area contributed by atoms with Gasteiger partial charge in [-0.1, -0.05) is 44.2 Å². The van der Waals surface area contributed by atoms with E-state index >= 15 is 0 Å². The van der Waals surface area contributed by atoms with E-state index in [1.54, 1.807) is 12.3 Å². The van der Waals surface area contributed by atoms with E-state index in [1.165, 1.54) is 5.56 Å². The minimum Gasteiger partial charge on any atom is -0.384 e. The van der Waals surface area contributed by atoms with Crippen molar-refractivity contribution in [2.75, 3.05) is 11.1 Å². The Morgan fingerprint density at radius 3 is 2.55 bits per heavy atom. The molecule has 0 amide bonds. The summed E-state index contributed by atoms with van der Waals surface area (Å²) in [6, 6.07) is 12.5. The molecule has 3 N–H and O–H groups in total. The molecule has 2 aromatic rings. The van der Waals surface area contributed by atoms with Gasteiger partial charge in [0.25, 0.3) is 0 Å². The Bertz CT molecular complexity index is 551. The number of benzene rings is 1. The second-order valence-electron chi connectivity index (χ2n) is 5.80. The van der Waals surface area contributed by atoms with E-state index in [0.29, 0.717) is 11.8 Å². The largest absolute Gasteiger partial charge is 0.384 e. The number of nitrogens with one attached hydrogen (secondary N) is 1. The SMILES string of the molecule is C[C@@H](CC(C)(C)c1ccccc1)Nc1nccc(N)n1. The second-order valence-corrected chi connectivity index (χ2v) is 5.80. The van der Waals surface area contributed by atoms with E-state index in [0.717, 1.165) is 6.42 Å². The van der Waals surface area contributed by atoms with E-state index < -0.39 is 0 Å². The van der Waals surface area contributed by atoms with Crippen molar-refractivity contribution in [1.82, 2.24) is 9.97 Å². The first-order valence-electron chi connectivity index (χ1n) is 6.88. The Hall–Kier alpha value is -2.10. The topological polar surface area (TPSA) is 63.8 Å². The number of hydrogen-bond donors (Lipinski definition) is 2. The summed E-state index contributed by atoms with van der Waals surface area (Å²) >= 11 is 0. The lowest BCUT2D eigenvalue weighted by molar-refractivity contribution is 0.449. The van der Waals surface area contributed by atoms with Crippen molar-refractivity contribution in [3.8, 4) is 0 Å². The average Bonchev–Trinajstić information content (AvgIpc) is 2.39. The normalized spacial score (nSPS) is 12.9. The van der Waals surface area contributed by atoms with E-state index in [2.05, 4.69) is 60.3 Å². The molecule has 0 bridgehead atoms. The first-order valence-corrected chi connectivity index (χ1v) is 6.88. The van der Waals surface area contributed by atoms with Crippen molar-refractivity contribution < 1.29 is 0 Å². The fraction of sp³-hybridized carbons (Fsp3) is 0.375. The summed E-state index contributed by atoms with van der Waals surface area (Å²) in [7, 11) is 0. The van der Waals surface area contributed by atoms with Crippen LogP contribution in [0, 0.1) is 0 Å². The van der Waals surface area contributed by atoms with Gasteiger partial charge in [-0.25, -0.2) is 4.98 Å². The summed E-state index contributed by atoms with van der Waals surface area (Å²) in [5.74, 6) is 1.07. The summed E-state index contributed by atoms with van der Waals surface area (Å²) in [5.41, 5.74) is 7.09. The van der Waals surface area contributed by atoms with E-state index in [4.69, 9.17) is 5.73 Å². The molecule has 1 aromatic carbocycles. The predicted molar refractivity (Wildman–Crippen MR) is 83.6 cm³/mol. The van der Waals surface area contributed by atoms with Gasteiger partial charge in [-0.15, -0.1) is 0 Å². The zero-order valence-electron chi connectivity index (χ0n) is 12.3. The molecule has 0 fully saturated rings. The zero-order chi connectivity index (χ0) is 14.6. The van der Waals surface area contributed by atoms with Crippen molar-refractivity contribution in [2.24, 2.45) is 0 Å². The highest BCUT2D eigenvalue weighted by Gasteiger charge is 2.23. The summed E-state index contributed by atoms with van der Waals surface area (Å²) in [6.45, 7) is 6.64. The molecule has 0 saturated carbocycles. The van der Waals surface area contributed by atoms with Gasteiger partial charge in [0, 0.05) is 12.2 Å². The standard InChI is InChI=1S/C16H22N4/c1-12(19-15-18-10-9-14(17)20-15)11-16(2,3)13-7-5-4-6-8-13/h4-10,12H,11H2,1-3H3,(H3,17,18,19,20)/t12-/m0/s1. The predicted octanol–water partition coefficient (Wildman–Crippen LogP) is 3.23. The van der Waals surface area contributed by atoms with Crippen LogP contribution < -0.4 is 11.1 Å². The number of anilines is 2. The minimum absolute atomic E-state index is 0.0913. The number of nitrogen functional groups attached to an aromatic ring is 1. The third-order valence-electron chi connectivity index (χ3n) is 3.42. The maximum atomic E-state index is 5.66. The van der Waals surface area contributed by atoms with Crippen LogP contribution >= 0.6 is 0 Å². The maximum absolute atomic E-state index is 5.66. The van der Waals surface area contributed by atoms with Crippen molar-refractivity contribution in [1.29, 1.82) is 0 Å². The van der Waals surface area contributed by atoms with Crippen molar-refractivity contribution >= 4 is 11.8 Å². The van der Waals surface area contributed by atoms with Crippen molar-refractivity contribution in [3.63, 3.8) is 0 Å². The molecule has 1 heterocycles. The number of nitrogens with zero attached hydrogens (tertiary/aromatic N) is 2. The van der Waals surface area contributed by atoms with Crippen LogP contribution in [0.1, 0.15) is 32.8 Å². The van der Waals surface area contributed by atoms with Crippen LogP contribution in [0.25, 0.3) is 0 Å². The van der Waals surface area contributed by atoms with Crippen molar-refractivity contribution in [2.45, 2.75) is 38.6 Å². The molecule has 0 spiro atoms. The van der Waals surface area contributed by atoms with Gasteiger partial charge in [0.15, 0.2) is 0 Å². The van der Waals surface area contributed by atoms with Crippen LogP contribution in [0.2, 0.25) is 0 Å². The fourth-order valence-corrected chi connectivity index (χ4v) is 2.49. The Morgan fingerprint density at radius 1 is 1.20 bits per heavy atom. The molecule has 0 aliphatic carbocycles. The summed E-state index contributed by atoms with van der Waals surface area (Å²) < 4.78 is 0. The molecule has 0 saturated heterocycles. The van der Waals surface area contributed by atoms with Crippen LogP contribution in [0.5, 0.6) is 0 Å². The molecular formula is C16H22N4. The minimum atomic E-state index is 0.0913. The molecule has 0 radical (unpaired) electrons. The summed E-state index contributed by atoms with van der Waals surface area (Å²) in [5, 5.41) is 3.31. The van der Waals surface area contributed by atoms with E-state index in [1.807, 2.05) is 6.07 Å². The average molecular weight is 270 g/mol. The molecule has 20 heavy (non-hydrogen) atoms. The molecule has 4 heteroatoms. The Balaban J connectivity index is 2.02. The van der Waals surface area contributed by atoms with Gasteiger partial charge < -0.3 is 11.1 Å². The molecular weight excluding hydrogens is 248 g/mol. The van der Waals surface area contributed by atoms with Gasteiger partial charge >= 0.3 is 0 Å². The van der Waals surface area contributed by atoms with Gasteiger partial charge in [-0.05, 0) is 30.4 Å². The molecule has 0 aliphatic rings.